The Balaban J connectivity index is 4.25. The zero-order valence-electron chi connectivity index (χ0n) is 7.97. The van der Waals surface area contributed by atoms with E-state index >= 15 is 0 Å². The lowest BCUT2D eigenvalue weighted by Gasteiger charge is -2.11. The van der Waals surface area contributed by atoms with Crippen molar-refractivity contribution in [3.8, 4) is 0 Å². The lowest BCUT2D eigenvalue weighted by atomic mass is 10.1. The highest BCUT2D eigenvalue weighted by molar-refractivity contribution is 5.08. The molecule has 0 bridgehead atoms. The quantitative estimate of drug-likeness (QED) is 0.493. The minimum absolute atomic E-state index is 0.477. The fourth-order valence-corrected chi connectivity index (χ4v) is 0.922. The Hall–Kier alpha value is -0.860. The Morgan fingerprint density at radius 3 is 2.09 bits per heavy atom. The second-order valence-corrected chi connectivity index (χ2v) is 2.98. The molecule has 0 aromatic heterocycles. The molecule has 0 aliphatic heterocycles. The van der Waals surface area contributed by atoms with E-state index < -0.39 is 0 Å². The van der Waals surface area contributed by atoms with Gasteiger partial charge in [0.05, 0.1) is 7.05 Å². The third-order valence-electron chi connectivity index (χ3n) is 1.39. The number of nitrogens with one attached hydrogen (secondary N) is 1. The summed E-state index contributed by atoms with van der Waals surface area (Å²) in [5.74, 6) is 0.477. The molecule has 0 rings (SSSR count). The van der Waals surface area contributed by atoms with Crippen LogP contribution in [0.1, 0.15) is 27.7 Å². The van der Waals surface area contributed by atoms with Crippen molar-refractivity contribution in [3.63, 3.8) is 0 Å². The first-order chi connectivity index (χ1) is 5.09. The third-order valence-corrected chi connectivity index (χ3v) is 1.39. The van der Waals surface area contributed by atoms with Gasteiger partial charge in [-0.1, -0.05) is 24.6 Å². The fraction of sp³-hybridized carbons (Fsp3) is 0.750. The van der Waals surface area contributed by atoms with Crippen LogP contribution >= 0.6 is 0 Å². The molecule has 0 atom stereocenters. The standard InChI is InChI=1S/C8H17N3/c1-6(2)8(7(3)4)10-11-9-5/h6H,1-5H3,(H,9,10). The highest BCUT2D eigenvalue weighted by atomic mass is 15.4. The van der Waals surface area contributed by atoms with Gasteiger partial charge in [0.15, 0.2) is 0 Å². The van der Waals surface area contributed by atoms with Crippen LogP contribution in [0.5, 0.6) is 0 Å². The van der Waals surface area contributed by atoms with E-state index in [9.17, 15) is 0 Å². The van der Waals surface area contributed by atoms with E-state index in [1.807, 2.05) is 0 Å². The van der Waals surface area contributed by atoms with Gasteiger partial charge in [0.2, 0.25) is 0 Å². The highest BCUT2D eigenvalue weighted by Crippen LogP contribution is 2.10. The molecule has 3 heteroatoms. The van der Waals surface area contributed by atoms with Crippen LogP contribution < -0.4 is 5.43 Å². The molecule has 1 N–H and O–H groups in total. The monoisotopic (exact) mass is 155 g/mol. The molecule has 0 aromatic rings. The molecule has 0 aromatic carbocycles. The van der Waals surface area contributed by atoms with Crippen LogP contribution in [0.2, 0.25) is 0 Å². The number of allylic oxidation sites excluding steroid dienone is 2. The summed E-state index contributed by atoms with van der Waals surface area (Å²) in [4.78, 5) is 0. The first-order valence-corrected chi connectivity index (χ1v) is 3.81. The van der Waals surface area contributed by atoms with Gasteiger partial charge in [-0.2, -0.15) is 5.11 Å². The molecule has 64 valence electrons. The second-order valence-electron chi connectivity index (χ2n) is 2.98. The van der Waals surface area contributed by atoms with Crippen molar-refractivity contribution in [2.45, 2.75) is 27.7 Å². The van der Waals surface area contributed by atoms with Crippen molar-refractivity contribution < 1.29 is 0 Å². The van der Waals surface area contributed by atoms with E-state index in [2.05, 4.69) is 43.5 Å². The van der Waals surface area contributed by atoms with Gasteiger partial charge < -0.3 is 0 Å². The van der Waals surface area contributed by atoms with Crippen LogP contribution in [0.3, 0.4) is 0 Å². The van der Waals surface area contributed by atoms with E-state index in [0.717, 1.165) is 5.70 Å². The minimum atomic E-state index is 0.477. The molecule has 0 aliphatic carbocycles. The van der Waals surface area contributed by atoms with Gasteiger partial charge in [0.25, 0.3) is 0 Å². The SMILES string of the molecule is C/N=N\NC(=C(C)C)C(C)C. The molecule has 11 heavy (non-hydrogen) atoms. The van der Waals surface area contributed by atoms with Crippen molar-refractivity contribution in [3.05, 3.63) is 11.3 Å². The van der Waals surface area contributed by atoms with Crippen LogP contribution in [-0.4, -0.2) is 7.05 Å². The average molecular weight is 155 g/mol. The molecule has 0 heterocycles. The molecule has 0 aliphatic rings. The summed E-state index contributed by atoms with van der Waals surface area (Å²) >= 11 is 0. The summed E-state index contributed by atoms with van der Waals surface area (Å²) in [5.41, 5.74) is 5.31. The van der Waals surface area contributed by atoms with Crippen LogP contribution in [0.4, 0.5) is 0 Å². The van der Waals surface area contributed by atoms with E-state index in [0.29, 0.717) is 5.92 Å². The van der Waals surface area contributed by atoms with Gasteiger partial charge in [-0.05, 0) is 19.8 Å². The van der Waals surface area contributed by atoms with Gasteiger partial charge in [-0.15, -0.1) is 0 Å². The number of hydrogen-bond acceptors (Lipinski definition) is 2. The Bertz CT molecular complexity index is 164. The third kappa shape index (κ3) is 3.75. The van der Waals surface area contributed by atoms with Crippen molar-refractivity contribution in [1.29, 1.82) is 0 Å². The second kappa shape index (κ2) is 4.88. The molecule has 0 radical (unpaired) electrons. The maximum absolute atomic E-state index is 3.73. The Morgan fingerprint density at radius 1 is 1.27 bits per heavy atom. The Kier molecular flexibility index (Phi) is 4.50. The van der Waals surface area contributed by atoms with E-state index in [1.165, 1.54) is 5.57 Å². The van der Waals surface area contributed by atoms with Crippen molar-refractivity contribution in [2.24, 2.45) is 16.3 Å². The first-order valence-electron chi connectivity index (χ1n) is 3.81. The predicted molar refractivity (Wildman–Crippen MR) is 47.1 cm³/mol. The maximum Gasteiger partial charge on any atom is 0.0509 e. The molecule has 0 amide bonds. The Labute approximate surface area is 68.6 Å². The van der Waals surface area contributed by atoms with Crippen LogP contribution in [0.25, 0.3) is 0 Å². The van der Waals surface area contributed by atoms with Gasteiger partial charge in [-0.25, -0.2) is 0 Å². The molecule has 0 spiro atoms. The normalized spacial score (nSPS) is 10.7. The summed E-state index contributed by atoms with van der Waals surface area (Å²) in [5, 5.41) is 7.35. The first kappa shape index (κ1) is 10.1. The Morgan fingerprint density at radius 2 is 1.82 bits per heavy atom. The van der Waals surface area contributed by atoms with Gasteiger partial charge >= 0.3 is 0 Å². The van der Waals surface area contributed by atoms with Crippen LogP contribution in [0.15, 0.2) is 21.6 Å². The predicted octanol–water partition coefficient (Wildman–Crippen LogP) is 2.52. The van der Waals surface area contributed by atoms with E-state index in [1.54, 1.807) is 7.05 Å². The van der Waals surface area contributed by atoms with Crippen molar-refractivity contribution in [1.82, 2.24) is 5.43 Å². The summed E-state index contributed by atoms with van der Waals surface area (Å²) in [6, 6.07) is 0. The summed E-state index contributed by atoms with van der Waals surface area (Å²) in [6.07, 6.45) is 0. The molecule has 0 saturated carbocycles. The minimum Gasteiger partial charge on any atom is -0.264 e. The molecule has 0 saturated heterocycles. The van der Waals surface area contributed by atoms with Crippen LogP contribution in [-0.2, 0) is 0 Å². The van der Waals surface area contributed by atoms with Gasteiger partial charge in [0.1, 0.15) is 0 Å². The van der Waals surface area contributed by atoms with Gasteiger partial charge in [0, 0.05) is 5.70 Å². The summed E-state index contributed by atoms with van der Waals surface area (Å²) in [7, 11) is 1.65. The topological polar surface area (TPSA) is 36.8 Å². The highest BCUT2D eigenvalue weighted by Gasteiger charge is 2.02. The largest absolute Gasteiger partial charge is 0.264 e. The maximum atomic E-state index is 3.73. The number of hydrogen-bond donors (Lipinski definition) is 1. The molecule has 3 nitrogen and oxygen atoms in total. The molecule has 0 fully saturated rings. The average Bonchev–Trinajstić information content (AvgIpc) is 1.87. The smallest absolute Gasteiger partial charge is 0.0509 e. The van der Waals surface area contributed by atoms with E-state index in [4.69, 9.17) is 0 Å². The van der Waals surface area contributed by atoms with Crippen molar-refractivity contribution in [2.75, 3.05) is 7.05 Å². The fourth-order valence-electron chi connectivity index (χ4n) is 0.922. The lowest BCUT2D eigenvalue weighted by Crippen LogP contribution is -2.11. The molecule has 0 unspecified atom stereocenters. The lowest BCUT2D eigenvalue weighted by molar-refractivity contribution is 0.640. The number of nitrogens with zero attached hydrogens (tertiary/aromatic N) is 2. The molecular formula is C8H17N3. The number of rotatable bonds is 3. The van der Waals surface area contributed by atoms with Crippen LogP contribution in [0, 0.1) is 5.92 Å². The molecular weight excluding hydrogens is 138 g/mol. The summed E-state index contributed by atoms with van der Waals surface area (Å²) < 4.78 is 0. The zero-order chi connectivity index (χ0) is 8.85. The van der Waals surface area contributed by atoms with Gasteiger partial charge in [-0.3, -0.25) is 5.43 Å². The van der Waals surface area contributed by atoms with E-state index in [-0.39, 0.29) is 0 Å². The zero-order valence-corrected chi connectivity index (χ0v) is 7.97. The van der Waals surface area contributed by atoms with Crippen molar-refractivity contribution >= 4 is 0 Å². The summed E-state index contributed by atoms with van der Waals surface area (Å²) in [6.45, 7) is 8.38.